The van der Waals surface area contributed by atoms with Crippen molar-refractivity contribution in [3.05, 3.63) is 23.0 Å². The Labute approximate surface area is 391 Å². The molecule has 26 heteroatoms. The molecule has 1 saturated carbocycles. The predicted octanol–water partition coefficient (Wildman–Crippen LogP) is 4.20. The van der Waals surface area contributed by atoms with Crippen LogP contribution >= 0.6 is 11.3 Å². The van der Waals surface area contributed by atoms with E-state index in [1.54, 1.807) is 90.0 Å². The van der Waals surface area contributed by atoms with E-state index in [-0.39, 0.29) is 55.0 Å². The SMILES string of the molecule is CC(c1cnn(C[C@H]2NC(=O)[C@H]2NC(=O)C(=NOC2(C(=O)O)CC2)c2csc(NC(=O)OC(C)(C)C)n2)n1)N(C(=O)OC(C)(C)C)C(=NC(=O)OC(C)(C)C)NCCCNC(=O)OC(C)(C)C. The molecule has 6 N–H and O–H groups in total. The summed E-state index contributed by atoms with van der Waals surface area (Å²) in [5.41, 5.74) is -5.43. The number of carboxylic acid groups (broad SMARTS) is 1. The van der Waals surface area contributed by atoms with Crippen LogP contribution in [0.4, 0.5) is 24.3 Å². The van der Waals surface area contributed by atoms with Gasteiger partial charge in [-0.3, -0.25) is 14.9 Å². The number of carboxylic acids is 1. The van der Waals surface area contributed by atoms with Crippen LogP contribution in [-0.4, -0.2) is 137 Å². The van der Waals surface area contributed by atoms with Gasteiger partial charge in [-0.15, -0.1) is 16.3 Å². The average Bonchev–Trinajstić information content (AvgIpc) is 3.57. The zero-order valence-electron chi connectivity index (χ0n) is 40.0. The number of hydrogen-bond acceptors (Lipinski definition) is 17. The minimum absolute atomic E-state index is 0.0371. The van der Waals surface area contributed by atoms with Crippen molar-refractivity contribution in [3.63, 3.8) is 0 Å². The quantitative estimate of drug-likeness (QED) is 0.0364. The number of hydrogen-bond donors (Lipinski definition) is 6. The highest BCUT2D eigenvalue weighted by atomic mass is 32.1. The maximum absolute atomic E-state index is 13.9. The minimum Gasteiger partial charge on any atom is -0.478 e. The van der Waals surface area contributed by atoms with E-state index in [2.05, 4.69) is 51.9 Å². The Morgan fingerprint density at radius 3 is 2.07 bits per heavy atom. The number of nitrogens with zero attached hydrogens (tertiary/aromatic N) is 7. The van der Waals surface area contributed by atoms with E-state index in [0.717, 1.165) is 16.2 Å². The third-order valence-corrected chi connectivity index (χ3v) is 9.48. The molecule has 3 heterocycles. The first-order chi connectivity index (χ1) is 30.8. The number of β-lactam (4-membered cyclic amide) rings is 1. The topological polar surface area (TPSA) is 318 Å². The summed E-state index contributed by atoms with van der Waals surface area (Å²) in [5, 5.41) is 37.2. The lowest BCUT2D eigenvalue weighted by atomic mass is 9.98. The van der Waals surface area contributed by atoms with Gasteiger partial charge in [0.15, 0.2) is 10.8 Å². The van der Waals surface area contributed by atoms with E-state index in [4.69, 9.17) is 23.8 Å². The largest absolute Gasteiger partial charge is 0.478 e. The summed E-state index contributed by atoms with van der Waals surface area (Å²) in [6, 6.07) is -2.96. The molecule has 0 aromatic carbocycles. The van der Waals surface area contributed by atoms with Gasteiger partial charge in [-0.25, -0.2) is 33.9 Å². The van der Waals surface area contributed by atoms with Crippen molar-refractivity contribution in [1.82, 2.24) is 46.1 Å². The molecule has 25 nitrogen and oxygen atoms in total. The van der Waals surface area contributed by atoms with Gasteiger partial charge in [0.05, 0.1) is 24.8 Å². The van der Waals surface area contributed by atoms with Crippen molar-refractivity contribution in [2.24, 2.45) is 10.1 Å². The van der Waals surface area contributed by atoms with E-state index in [0.29, 0.717) is 6.42 Å². The van der Waals surface area contributed by atoms with Crippen molar-refractivity contribution in [1.29, 1.82) is 0 Å². The number of carbonyl (C=O) groups excluding carboxylic acids is 6. The van der Waals surface area contributed by atoms with Gasteiger partial charge in [-0.1, -0.05) is 5.16 Å². The molecule has 2 fully saturated rings. The van der Waals surface area contributed by atoms with E-state index < -0.39 is 94.0 Å². The fraction of sp³-hybridized carbons (Fsp3) is 0.659. The molecule has 370 valence electrons. The van der Waals surface area contributed by atoms with Crippen molar-refractivity contribution in [3.8, 4) is 0 Å². The van der Waals surface area contributed by atoms with Crippen LogP contribution in [-0.2, 0) is 44.7 Å². The molecule has 67 heavy (non-hydrogen) atoms. The minimum atomic E-state index is -1.63. The third-order valence-electron chi connectivity index (χ3n) is 8.72. The lowest BCUT2D eigenvalue weighted by Crippen LogP contribution is -2.70. The molecule has 3 atom stereocenters. The fourth-order valence-corrected chi connectivity index (χ4v) is 6.26. The molecule has 2 aromatic heterocycles. The second-order valence-corrected chi connectivity index (χ2v) is 20.4. The van der Waals surface area contributed by atoms with Crippen molar-refractivity contribution in [2.75, 3.05) is 18.4 Å². The third kappa shape index (κ3) is 16.7. The standard InChI is InChI=1S/C41H62N12O13S/c1-22(53(36(61)65-40(11,12)13)31(48-34(59)63-38(5,6)7)42-17-14-18-43-33(58)62-37(2,3)4)23-19-44-52(50-23)20-24-26(28(54)45-24)47-29(55)27(51-66-41(15-16-41)30(56)57)25-21-67-32(46-25)49-35(60)64-39(8,9)10/h19,21-22,24,26H,14-18,20H2,1-13H3,(H,43,58)(H,45,54)(H,47,55)(H,56,57)(H,42,48,59)(H,46,49,60)/t22?,24-,26+/m1/s1. The molecule has 1 saturated heterocycles. The van der Waals surface area contributed by atoms with Gasteiger partial charge in [0.25, 0.3) is 5.91 Å². The van der Waals surface area contributed by atoms with E-state index >= 15 is 0 Å². The van der Waals surface area contributed by atoms with Gasteiger partial charge >= 0.3 is 30.3 Å². The summed E-state index contributed by atoms with van der Waals surface area (Å²) in [4.78, 5) is 106. The molecule has 2 aliphatic rings. The number of rotatable bonds is 15. The molecule has 1 unspecified atom stereocenters. The number of guanidine groups is 1. The maximum atomic E-state index is 13.9. The Kier molecular flexibility index (Phi) is 16.6. The molecule has 0 spiro atoms. The molecule has 1 aliphatic heterocycles. The van der Waals surface area contributed by atoms with Crippen LogP contribution in [0.25, 0.3) is 0 Å². The number of amides is 6. The fourth-order valence-electron chi connectivity index (χ4n) is 5.58. The first-order valence-corrected chi connectivity index (χ1v) is 22.2. The van der Waals surface area contributed by atoms with Crippen LogP contribution in [0.1, 0.15) is 127 Å². The van der Waals surface area contributed by atoms with Gasteiger partial charge in [-0.2, -0.15) is 15.0 Å². The number of carbonyl (C=O) groups is 7. The molecular formula is C41H62N12O13S. The highest BCUT2D eigenvalue weighted by molar-refractivity contribution is 7.14. The predicted molar refractivity (Wildman–Crippen MR) is 240 cm³/mol. The van der Waals surface area contributed by atoms with E-state index in [1.807, 2.05) is 0 Å². The highest BCUT2D eigenvalue weighted by Gasteiger charge is 2.55. The second kappa shape index (κ2) is 20.9. The maximum Gasteiger partial charge on any atom is 0.437 e. The highest BCUT2D eigenvalue weighted by Crippen LogP contribution is 2.40. The zero-order valence-corrected chi connectivity index (χ0v) is 40.8. The van der Waals surface area contributed by atoms with Crippen molar-refractivity contribution < 1.29 is 62.5 Å². The molecule has 1 aliphatic carbocycles. The summed E-state index contributed by atoms with van der Waals surface area (Å²) < 4.78 is 21.7. The summed E-state index contributed by atoms with van der Waals surface area (Å²) >= 11 is 0.932. The summed E-state index contributed by atoms with van der Waals surface area (Å²) in [5.74, 6) is -3.04. The summed E-state index contributed by atoms with van der Waals surface area (Å²) in [6.45, 7) is 21.9. The molecule has 4 rings (SSSR count). The number of oxime groups is 1. The summed E-state index contributed by atoms with van der Waals surface area (Å²) in [6.07, 6.45) is -1.39. The molecule has 0 radical (unpaired) electrons. The van der Waals surface area contributed by atoms with Crippen LogP contribution in [0.5, 0.6) is 0 Å². The molecule has 0 bridgehead atoms. The summed E-state index contributed by atoms with van der Waals surface area (Å²) in [7, 11) is 0. The Bertz CT molecular complexity index is 2230. The Morgan fingerprint density at radius 2 is 1.51 bits per heavy atom. The van der Waals surface area contributed by atoms with Gasteiger partial charge < -0.3 is 50.2 Å². The lowest BCUT2D eigenvalue weighted by molar-refractivity contribution is -0.153. The molecule has 2 aromatic rings. The van der Waals surface area contributed by atoms with Gasteiger partial charge in [-0.05, 0) is 96.4 Å². The lowest BCUT2D eigenvalue weighted by Gasteiger charge is -2.36. The first kappa shape index (κ1) is 53.0. The molecule has 6 amide bonds. The van der Waals surface area contributed by atoms with Crippen LogP contribution in [0.3, 0.4) is 0 Å². The number of anilines is 1. The number of thiazole rings is 1. The van der Waals surface area contributed by atoms with E-state index in [9.17, 15) is 38.7 Å². The first-order valence-electron chi connectivity index (χ1n) is 21.3. The van der Waals surface area contributed by atoms with Crippen LogP contribution in [0.15, 0.2) is 21.7 Å². The zero-order chi connectivity index (χ0) is 50.3. The normalized spacial score (nSPS) is 17.7. The van der Waals surface area contributed by atoms with Crippen LogP contribution in [0, 0.1) is 0 Å². The van der Waals surface area contributed by atoms with Gasteiger partial charge in [0.2, 0.25) is 17.5 Å². The van der Waals surface area contributed by atoms with Gasteiger partial charge in [0, 0.05) is 31.3 Å². The number of aliphatic imine (C=N–C) groups is 1. The monoisotopic (exact) mass is 962 g/mol. The van der Waals surface area contributed by atoms with Gasteiger partial charge in [0.1, 0.15) is 39.8 Å². The van der Waals surface area contributed by atoms with Crippen LogP contribution in [0.2, 0.25) is 0 Å². The number of nitrogens with one attached hydrogen (secondary N) is 5. The van der Waals surface area contributed by atoms with Crippen LogP contribution < -0.4 is 26.6 Å². The van der Waals surface area contributed by atoms with Crippen molar-refractivity contribution >= 4 is 70.3 Å². The number of aliphatic carboxylic acids is 1. The van der Waals surface area contributed by atoms with Crippen molar-refractivity contribution in [2.45, 2.75) is 162 Å². The molecular weight excluding hydrogens is 901 g/mol. The smallest absolute Gasteiger partial charge is 0.437 e. The second-order valence-electron chi connectivity index (χ2n) is 19.5. The number of alkyl carbamates (subject to hydrolysis) is 1. The Balaban J connectivity index is 1.55. The Hall–Kier alpha value is -6.60. The Morgan fingerprint density at radius 1 is 0.910 bits per heavy atom. The average molecular weight is 963 g/mol. The number of ether oxygens (including phenoxy) is 4. The van der Waals surface area contributed by atoms with E-state index in [1.165, 1.54) is 16.4 Å². The number of aromatic nitrogens is 4.